The first-order chi connectivity index (χ1) is 14.7. The van der Waals surface area contributed by atoms with Gasteiger partial charge in [-0.1, -0.05) is 66.8 Å². The fraction of sp³-hybridized carbons (Fsp3) is 0.360. The van der Waals surface area contributed by atoms with Crippen molar-refractivity contribution in [3.8, 4) is 0 Å². The van der Waals surface area contributed by atoms with Crippen molar-refractivity contribution in [1.82, 2.24) is 5.32 Å². The zero-order chi connectivity index (χ0) is 22.4. The number of carbonyl (C=O) groups is 2. The van der Waals surface area contributed by atoms with Crippen LogP contribution in [0.4, 0.5) is 4.79 Å². The van der Waals surface area contributed by atoms with Gasteiger partial charge in [-0.15, -0.1) is 0 Å². The lowest BCUT2D eigenvalue weighted by Crippen LogP contribution is -2.45. The van der Waals surface area contributed by atoms with Crippen molar-refractivity contribution in [2.45, 2.75) is 51.5 Å². The van der Waals surface area contributed by atoms with E-state index >= 15 is 0 Å². The lowest BCUT2D eigenvalue weighted by atomic mass is 9.83. The lowest BCUT2D eigenvalue weighted by molar-refractivity contribution is -0.153. The third-order valence-electron chi connectivity index (χ3n) is 4.92. The number of alkyl carbamates (subject to hydrolysis) is 1. The second kappa shape index (κ2) is 9.79. The maximum atomic E-state index is 12.5. The molecule has 0 bridgehead atoms. The van der Waals surface area contributed by atoms with Crippen molar-refractivity contribution in [3.05, 3.63) is 83.5 Å². The molecule has 0 radical (unpaired) electrons. The van der Waals surface area contributed by atoms with E-state index in [9.17, 15) is 14.7 Å². The monoisotopic (exact) mass is 423 g/mol. The van der Waals surface area contributed by atoms with Crippen LogP contribution in [0.2, 0.25) is 0 Å². The Morgan fingerprint density at radius 2 is 1.90 bits per heavy atom. The highest BCUT2D eigenvalue weighted by atomic mass is 16.6. The number of hydrogen-bond acceptors (Lipinski definition) is 4. The van der Waals surface area contributed by atoms with Crippen molar-refractivity contribution in [3.63, 3.8) is 0 Å². The average Bonchev–Trinajstić information content (AvgIpc) is 2.71. The van der Waals surface area contributed by atoms with Gasteiger partial charge in [-0.2, -0.15) is 0 Å². The van der Waals surface area contributed by atoms with Gasteiger partial charge in [0, 0.05) is 17.9 Å². The number of ether oxygens (including phenoxy) is 2. The average molecular weight is 424 g/mol. The molecule has 2 aliphatic carbocycles. The molecular formula is C25H29NO5. The quantitative estimate of drug-likeness (QED) is 0.629. The number of hydrogen-bond donors (Lipinski definition) is 2. The number of allylic oxidation sites excluding steroid dienone is 6. The summed E-state index contributed by atoms with van der Waals surface area (Å²) < 4.78 is 11.4. The molecule has 1 aromatic rings. The first kappa shape index (κ1) is 22.6. The Hall–Kier alpha value is -3.12. The molecule has 31 heavy (non-hydrogen) atoms. The van der Waals surface area contributed by atoms with Gasteiger partial charge < -0.3 is 14.6 Å². The maximum Gasteiger partial charge on any atom is 0.409 e. The molecule has 0 aromatic heterocycles. The molecule has 3 atom stereocenters. The smallest absolute Gasteiger partial charge is 0.409 e. The van der Waals surface area contributed by atoms with E-state index in [1.807, 2.05) is 60.7 Å². The summed E-state index contributed by atoms with van der Waals surface area (Å²) in [5.74, 6) is -0.935. The van der Waals surface area contributed by atoms with E-state index in [0.29, 0.717) is 0 Å². The van der Waals surface area contributed by atoms with Gasteiger partial charge >= 0.3 is 12.1 Å². The summed E-state index contributed by atoms with van der Waals surface area (Å²) in [6.07, 6.45) is 10.1. The standard InChI is InChI=1S/C25H29NO5/c1-25(2,3)31-24(29)26-22(20-15-9-13-18-12-7-8-14-19(18)20)30-21(23(27)28)16-17-10-5-4-6-11-17/h4-12,14-15,18,21-22H,13,16H2,1-3H3,(H,26,29)(H,27,28)/t18?,21-,22-/m1/s1. The van der Waals surface area contributed by atoms with E-state index in [0.717, 1.165) is 23.1 Å². The first-order valence-electron chi connectivity index (χ1n) is 10.4. The van der Waals surface area contributed by atoms with E-state index in [1.165, 1.54) is 0 Å². The van der Waals surface area contributed by atoms with Crippen molar-refractivity contribution < 1.29 is 24.2 Å². The summed E-state index contributed by atoms with van der Waals surface area (Å²) in [5, 5.41) is 12.5. The van der Waals surface area contributed by atoms with Crippen molar-refractivity contribution >= 4 is 12.1 Å². The highest BCUT2D eigenvalue weighted by Gasteiger charge is 2.31. The number of amides is 1. The van der Waals surface area contributed by atoms with E-state index in [1.54, 1.807) is 20.8 Å². The maximum absolute atomic E-state index is 12.5. The van der Waals surface area contributed by atoms with Crippen molar-refractivity contribution in [1.29, 1.82) is 0 Å². The van der Waals surface area contributed by atoms with Crippen LogP contribution in [0.15, 0.2) is 77.9 Å². The molecule has 2 N–H and O–H groups in total. The number of benzene rings is 1. The van der Waals surface area contributed by atoms with Crippen LogP contribution in [0.5, 0.6) is 0 Å². The molecule has 6 nitrogen and oxygen atoms in total. The Kier molecular flexibility index (Phi) is 7.13. The third kappa shape index (κ3) is 6.43. The Labute approximate surface area is 182 Å². The topological polar surface area (TPSA) is 84.9 Å². The van der Waals surface area contributed by atoms with Crippen LogP contribution < -0.4 is 5.32 Å². The predicted octanol–water partition coefficient (Wildman–Crippen LogP) is 4.55. The van der Waals surface area contributed by atoms with E-state index < -0.39 is 30.0 Å². The van der Waals surface area contributed by atoms with Gasteiger partial charge in [0.15, 0.2) is 12.3 Å². The minimum atomic E-state index is -1.15. The Bertz CT molecular complexity index is 921. The molecule has 0 saturated heterocycles. The molecule has 1 unspecified atom stereocenters. The number of rotatable bonds is 7. The molecule has 2 aliphatic rings. The van der Waals surface area contributed by atoms with Crippen LogP contribution in [-0.4, -0.2) is 35.1 Å². The van der Waals surface area contributed by atoms with Gasteiger partial charge in [-0.05, 0) is 38.3 Å². The zero-order valence-corrected chi connectivity index (χ0v) is 18.1. The number of aliphatic carboxylic acids is 1. The number of carboxylic acid groups (broad SMARTS) is 1. The molecule has 0 fully saturated rings. The zero-order valence-electron chi connectivity index (χ0n) is 18.1. The van der Waals surface area contributed by atoms with E-state index in [-0.39, 0.29) is 12.3 Å². The second-order valence-corrected chi connectivity index (χ2v) is 8.58. The molecule has 0 saturated carbocycles. The molecule has 6 heteroatoms. The van der Waals surface area contributed by atoms with Crippen LogP contribution in [0.1, 0.15) is 32.8 Å². The molecule has 3 rings (SSSR count). The Morgan fingerprint density at radius 3 is 2.58 bits per heavy atom. The largest absolute Gasteiger partial charge is 0.479 e. The summed E-state index contributed by atoms with van der Waals surface area (Å²) in [6, 6.07) is 9.27. The summed E-state index contributed by atoms with van der Waals surface area (Å²) in [5.41, 5.74) is 1.86. The molecule has 0 spiro atoms. The highest BCUT2D eigenvalue weighted by Crippen LogP contribution is 2.32. The molecular weight excluding hydrogens is 394 g/mol. The van der Waals surface area contributed by atoms with Gasteiger partial charge in [0.2, 0.25) is 0 Å². The van der Waals surface area contributed by atoms with Gasteiger partial charge in [-0.25, -0.2) is 9.59 Å². The number of carboxylic acids is 1. The number of fused-ring (bicyclic) bond motifs is 1. The van der Waals surface area contributed by atoms with Gasteiger partial charge in [0.05, 0.1) is 0 Å². The van der Waals surface area contributed by atoms with Crippen LogP contribution in [0, 0.1) is 5.92 Å². The first-order valence-corrected chi connectivity index (χ1v) is 10.4. The predicted molar refractivity (Wildman–Crippen MR) is 118 cm³/mol. The Morgan fingerprint density at radius 1 is 1.16 bits per heavy atom. The normalized spacial score (nSPS) is 19.5. The molecule has 1 aromatic carbocycles. The minimum Gasteiger partial charge on any atom is -0.479 e. The van der Waals surface area contributed by atoms with Crippen molar-refractivity contribution in [2.75, 3.05) is 0 Å². The number of nitrogens with one attached hydrogen (secondary N) is 1. The summed E-state index contributed by atoms with van der Waals surface area (Å²) >= 11 is 0. The van der Waals surface area contributed by atoms with Crippen LogP contribution in [0.3, 0.4) is 0 Å². The second-order valence-electron chi connectivity index (χ2n) is 8.58. The summed E-state index contributed by atoms with van der Waals surface area (Å²) in [7, 11) is 0. The highest BCUT2D eigenvalue weighted by molar-refractivity contribution is 5.73. The third-order valence-corrected chi connectivity index (χ3v) is 4.92. The van der Waals surface area contributed by atoms with Crippen LogP contribution in [-0.2, 0) is 20.7 Å². The van der Waals surface area contributed by atoms with E-state index in [2.05, 4.69) is 11.4 Å². The molecule has 0 heterocycles. The minimum absolute atomic E-state index is 0.161. The van der Waals surface area contributed by atoms with Crippen LogP contribution >= 0.6 is 0 Å². The SMILES string of the molecule is CC(C)(C)OC(=O)N[C@H](O[C@H](Cc1ccccc1)C(=O)O)C1=C2C=CC=CC2CC=C1. The van der Waals surface area contributed by atoms with E-state index in [4.69, 9.17) is 9.47 Å². The number of carbonyl (C=O) groups excluding carboxylic acids is 1. The molecule has 164 valence electrons. The van der Waals surface area contributed by atoms with Crippen LogP contribution in [0.25, 0.3) is 0 Å². The van der Waals surface area contributed by atoms with Crippen molar-refractivity contribution in [2.24, 2.45) is 5.92 Å². The van der Waals surface area contributed by atoms with Gasteiger partial charge in [-0.3, -0.25) is 5.32 Å². The molecule has 1 amide bonds. The fourth-order valence-corrected chi connectivity index (χ4v) is 3.56. The fourth-order valence-electron chi connectivity index (χ4n) is 3.56. The van der Waals surface area contributed by atoms with Gasteiger partial charge in [0.25, 0.3) is 0 Å². The lowest BCUT2D eigenvalue weighted by Gasteiger charge is -2.31. The summed E-state index contributed by atoms with van der Waals surface area (Å²) in [6.45, 7) is 5.31. The Balaban J connectivity index is 1.89. The molecule has 0 aliphatic heterocycles. The summed E-state index contributed by atoms with van der Waals surface area (Å²) in [4.78, 5) is 24.5. The van der Waals surface area contributed by atoms with Gasteiger partial charge in [0.1, 0.15) is 5.60 Å².